The van der Waals surface area contributed by atoms with Gasteiger partial charge in [0.25, 0.3) is 10.0 Å². The number of fused-ring (bicyclic) bond motifs is 3. The zero-order valence-corrected chi connectivity index (χ0v) is 12.6. The Kier molecular flexibility index (Phi) is 2.92. The average molecular weight is 335 g/mol. The Labute approximate surface area is 130 Å². The number of hydrogen-bond donors (Lipinski definition) is 0. The Hall–Kier alpha value is -2.48. The fraction of sp³-hybridized carbons (Fsp3) is 0.133. The molecule has 0 N–H and O–H groups in total. The number of imidazole rings is 1. The molecule has 0 radical (unpaired) electrons. The standard InChI is InChI=1S/C15H11F2N3O2S/c16-10-4-3-5-11(17)14(10)23(21,22)20-9-8-19-13-7-2-1-6-12(13)18-15(19)20/h1-7H,8-9H2. The predicted octanol–water partition coefficient (Wildman–Crippen LogP) is 2.52. The molecule has 0 amide bonds. The van der Waals surface area contributed by atoms with Crippen molar-refractivity contribution in [3.05, 3.63) is 54.1 Å². The summed E-state index contributed by atoms with van der Waals surface area (Å²) in [6, 6.07) is 10.2. The summed E-state index contributed by atoms with van der Waals surface area (Å²) in [7, 11) is -4.36. The van der Waals surface area contributed by atoms with Crippen molar-refractivity contribution in [1.82, 2.24) is 9.55 Å². The van der Waals surface area contributed by atoms with Gasteiger partial charge < -0.3 is 4.57 Å². The molecule has 5 nitrogen and oxygen atoms in total. The third-order valence-electron chi connectivity index (χ3n) is 3.85. The molecule has 8 heteroatoms. The van der Waals surface area contributed by atoms with Gasteiger partial charge in [-0.3, -0.25) is 0 Å². The summed E-state index contributed by atoms with van der Waals surface area (Å²) in [5, 5.41) is 0. The highest BCUT2D eigenvalue weighted by atomic mass is 32.2. The van der Waals surface area contributed by atoms with E-state index in [1.165, 1.54) is 0 Å². The van der Waals surface area contributed by atoms with Crippen molar-refractivity contribution in [2.24, 2.45) is 0 Å². The lowest BCUT2D eigenvalue weighted by Crippen LogP contribution is -2.31. The van der Waals surface area contributed by atoms with Crippen molar-refractivity contribution >= 4 is 27.0 Å². The average Bonchev–Trinajstić information content (AvgIpc) is 3.05. The molecule has 2 aromatic carbocycles. The zero-order valence-electron chi connectivity index (χ0n) is 11.8. The quantitative estimate of drug-likeness (QED) is 0.723. The van der Waals surface area contributed by atoms with Crippen LogP contribution in [0.15, 0.2) is 47.4 Å². The first kappa shape index (κ1) is 14.1. The third-order valence-corrected chi connectivity index (χ3v) is 5.68. The molecule has 0 saturated carbocycles. The van der Waals surface area contributed by atoms with Crippen LogP contribution in [0.3, 0.4) is 0 Å². The molecule has 118 valence electrons. The molecule has 2 heterocycles. The molecular formula is C15H11F2N3O2S. The zero-order chi connectivity index (χ0) is 16.2. The van der Waals surface area contributed by atoms with E-state index in [0.29, 0.717) is 12.1 Å². The molecule has 0 bridgehead atoms. The monoisotopic (exact) mass is 335 g/mol. The maximum Gasteiger partial charge on any atom is 0.272 e. The Bertz CT molecular complexity index is 1010. The molecule has 1 aliphatic rings. The van der Waals surface area contributed by atoms with Gasteiger partial charge in [-0.2, -0.15) is 0 Å². The highest BCUT2D eigenvalue weighted by Gasteiger charge is 2.37. The largest absolute Gasteiger partial charge is 0.307 e. The van der Waals surface area contributed by atoms with Crippen molar-refractivity contribution < 1.29 is 17.2 Å². The summed E-state index contributed by atoms with van der Waals surface area (Å²) in [6.45, 7) is 0.467. The normalized spacial score (nSPS) is 14.4. The lowest BCUT2D eigenvalue weighted by Gasteiger charge is -2.17. The van der Waals surface area contributed by atoms with E-state index in [-0.39, 0.29) is 12.5 Å². The van der Waals surface area contributed by atoms with E-state index in [1.807, 2.05) is 12.1 Å². The van der Waals surface area contributed by atoms with Crippen molar-refractivity contribution in [3.63, 3.8) is 0 Å². The van der Waals surface area contributed by atoms with E-state index in [2.05, 4.69) is 4.98 Å². The highest BCUT2D eigenvalue weighted by Crippen LogP contribution is 2.33. The van der Waals surface area contributed by atoms with E-state index in [0.717, 1.165) is 28.0 Å². The summed E-state index contributed by atoms with van der Waals surface area (Å²) < 4.78 is 55.9. The second kappa shape index (κ2) is 4.76. The minimum atomic E-state index is -4.36. The minimum absolute atomic E-state index is 0.0866. The summed E-state index contributed by atoms with van der Waals surface area (Å²) in [5.41, 5.74) is 1.42. The maximum absolute atomic E-state index is 13.9. The fourth-order valence-electron chi connectivity index (χ4n) is 2.83. The second-order valence-corrected chi connectivity index (χ2v) is 6.98. The van der Waals surface area contributed by atoms with Crippen LogP contribution in [-0.2, 0) is 16.6 Å². The summed E-state index contributed by atoms with van der Waals surface area (Å²) in [4.78, 5) is 3.35. The number of para-hydroxylation sites is 2. The van der Waals surface area contributed by atoms with Crippen molar-refractivity contribution in [2.45, 2.75) is 11.4 Å². The number of hydrogen-bond acceptors (Lipinski definition) is 3. The van der Waals surface area contributed by atoms with Gasteiger partial charge in [-0.25, -0.2) is 26.5 Å². The molecule has 0 atom stereocenters. The number of benzene rings is 2. The van der Waals surface area contributed by atoms with E-state index in [1.54, 1.807) is 16.7 Å². The van der Waals surface area contributed by atoms with Crippen LogP contribution in [0.25, 0.3) is 11.0 Å². The Morgan fingerprint density at radius 3 is 2.39 bits per heavy atom. The van der Waals surface area contributed by atoms with Gasteiger partial charge in [0, 0.05) is 6.54 Å². The van der Waals surface area contributed by atoms with Crippen LogP contribution in [-0.4, -0.2) is 24.5 Å². The van der Waals surface area contributed by atoms with Crippen LogP contribution in [0.1, 0.15) is 0 Å². The highest BCUT2D eigenvalue weighted by molar-refractivity contribution is 7.92. The fourth-order valence-corrected chi connectivity index (χ4v) is 4.36. The molecule has 23 heavy (non-hydrogen) atoms. The lowest BCUT2D eigenvalue weighted by molar-refractivity contribution is 0.518. The summed E-state index contributed by atoms with van der Waals surface area (Å²) >= 11 is 0. The smallest absolute Gasteiger partial charge is 0.272 e. The first-order valence-electron chi connectivity index (χ1n) is 6.92. The molecule has 0 spiro atoms. The molecule has 0 fully saturated rings. The SMILES string of the molecule is O=S(=O)(c1c(F)cccc1F)N1CCn2c1nc1ccccc12. The van der Waals surface area contributed by atoms with Crippen LogP contribution < -0.4 is 4.31 Å². The summed E-state index contributed by atoms with van der Waals surface area (Å²) in [6.07, 6.45) is 0. The predicted molar refractivity (Wildman–Crippen MR) is 80.6 cm³/mol. The van der Waals surface area contributed by atoms with Gasteiger partial charge in [0.15, 0.2) is 4.90 Å². The van der Waals surface area contributed by atoms with Crippen molar-refractivity contribution in [3.8, 4) is 0 Å². The van der Waals surface area contributed by atoms with Crippen molar-refractivity contribution in [2.75, 3.05) is 10.8 Å². The molecule has 4 rings (SSSR count). The Morgan fingerprint density at radius 2 is 1.65 bits per heavy atom. The first-order valence-corrected chi connectivity index (χ1v) is 8.36. The Morgan fingerprint density at radius 1 is 0.957 bits per heavy atom. The van der Waals surface area contributed by atoms with Crippen LogP contribution >= 0.6 is 0 Å². The van der Waals surface area contributed by atoms with Gasteiger partial charge in [-0.1, -0.05) is 18.2 Å². The molecule has 0 unspecified atom stereocenters. The number of halogens is 2. The molecule has 1 aliphatic heterocycles. The van der Waals surface area contributed by atoms with Gasteiger partial charge in [0.2, 0.25) is 5.95 Å². The molecule has 1 aromatic heterocycles. The van der Waals surface area contributed by atoms with Gasteiger partial charge >= 0.3 is 0 Å². The second-order valence-electron chi connectivity index (χ2n) is 5.18. The van der Waals surface area contributed by atoms with Gasteiger partial charge in [-0.15, -0.1) is 0 Å². The number of nitrogens with zero attached hydrogens (tertiary/aromatic N) is 3. The third kappa shape index (κ3) is 1.94. The van der Waals surface area contributed by atoms with Crippen molar-refractivity contribution in [1.29, 1.82) is 0 Å². The van der Waals surface area contributed by atoms with E-state index in [4.69, 9.17) is 0 Å². The van der Waals surface area contributed by atoms with Crippen LogP contribution in [0.2, 0.25) is 0 Å². The first-order chi connectivity index (χ1) is 11.0. The maximum atomic E-state index is 13.9. The number of rotatable bonds is 2. The number of anilines is 1. The Balaban J connectivity index is 1.91. The lowest BCUT2D eigenvalue weighted by atomic mass is 10.3. The molecule has 0 aliphatic carbocycles. The molecule has 0 saturated heterocycles. The minimum Gasteiger partial charge on any atom is -0.307 e. The summed E-state index contributed by atoms with van der Waals surface area (Å²) in [5.74, 6) is -2.05. The molecule has 3 aromatic rings. The van der Waals surface area contributed by atoms with Crippen LogP contribution in [0.5, 0.6) is 0 Å². The van der Waals surface area contributed by atoms with Crippen LogP contribution in [0.4, 0.5) is 14.7 Å². The molecular weight excluding hydrogens is 324 g/mol. The van der Waals surface area contributed by atoms with E-state index < -0.39 is 26.6 Å². The number of aromatic nitrogens is 2. The van der Waals surface area contributed by atoms with Gasteiger partial charge in [0.05, 0.1) is 17.6 Å². The van der Waals surface area contributed by atoms with E-state index in [9.17, 15) is 17.2 Å². The van der Waals surface area contributed by atoms with Crippen LogP contribution in [0, 0.1) is 11.6 Å². The van der Waals surface area contributed by atoms with Gasteiger partial charge in [0.1, 0.15) is 11.6 Å². The topological polar surface area (TPSA) is 55.2 Å². The van der Waals surface area contributed by atoms with E-state index >= 15 is 0 Å². The van der Waals surface area contributed by atoms with Gasteiger partial charge in [-0.05, 0) is 24.3 Å². The number of sulfonamides is 1.